The van der Waals surface area contributed by atoms with Crippen LogP contribution >= 0.6 is 0 Å². The molecule has 4 rings (SSSR count). The lowest BCUT2D eigenvalue weighted by atomic mass is 10.0. The maximum atomic E-state index is 13.0. The van der Waals surface area contributed by atoms with E-state index in [1.807, 2.05) is 0 Å². The second-order valence-electron chi connectivity index (χ2n) is 7.98. The molecule has 38 heavy (non-hydrogen) atoms. The second-order valence-corrected chi connectivity index (χ2v) is 7.98. The molecule has 198 valence electrons. The minimum absolute atomic E-state index is 0.0564. The van der Waals surface area contributed by atoms with Gasteiger partial charge in [-0.3, -0.25) is 20.6 Å². The molecule has 1 aliphatic rings. The maximum Gasteiger partial charge on any atom is 0.268 e. The molecule has 1 atom stereocenters. The number of aromatic nitrogens is 2. The fourth-order valence-electron chi connectivity index (χ4n) is 3.78. The molecule has 13 heteroatoms. The number of aliphatic imine (C=N–C) groups is 1. The van der Waals surface area contributed by atoms with Crippen molar-refractivity contribution in [1.29, 1.82) is 5.41 Å². The molecule has 1 unspecified atom stereocenters. The number of anilines is 2. The lowest BCUT2D eigenvalue weighted by Gasteiger charge is -2.32. The third kappa shape index (κ3) is 5.72. The maximum absolute atomic E-state index is 13.0. The SMILES string of the molecule is COc1cc(C(Nc2ccc(C(=N)N)cc2)C2=NCC(=O)N(c3cccnn3)N2)cc(OCCF)c1OC. The summed E-state index contributed by atoms with van der Waals surface area (Å²) < 4.78 is 29.5. The van der Waals surface area contributed by atoms with E-state index < -0.39 is 12.7 Å². The number of amidine groups is 2. The molecule has 2 aromatic carbocycles. The number of nitrogens with two attached hydrogens (primary N) is 1. The van der Waals surface area contributed by atoms with E-state index in [-0.39, 0.29) is 30.6 Å². The van der Waals surface area contributed by atoms with Crippen molar-refractivity contribution in [3.05, 3.63) is 65.9 Å². The Morgan fingerprint density at radius 2 is 1.97 bits per heavy atom. The number of carbonyl (C=O) groups excluding carboxylic acids is 1. The van der Waals surface area contributed by atoms with Gasteiger partial charge in [0.1, 0.15) is 37.5 Å². The molecule has 2 heterocycles. The molecule has 1 amide bonds. The second kappa shape index (κ2) is 11.9. The van der Waals surface area contributed by atoms with Gasteiger partial charge in [0.25, 0.3) is 5.91 Å². The predicted octanol–water partition coefficient (Wildman–Crippen LogP) is 2.23. The Kier molecular flexibility index (Phi) is 8.16. The lowest BCUT2D eigenvalue weighted by Crippen LogP contribution is -2.54. The Balaban J connectivity index is 1.78. The van der Waals surface area contributed by atoms with Gasteiger partial charge in [0.05, 0.1) is 14.2 Å². The molecule has 0 bridgehead atoms. The third-order valence-electron chi connectivity index (χ3n) is 5.56. The summed E-state index contributed by atoms with van der Waals surface area (Å²) in [6.07, 6.45) is 1.50. The smallest absolute Gasteiger partial charge is 0.268 e. The first kappa shape index (κ1) is 26.1. The number of carbonyl (C=O) groups is 1. The van der Waals surface area contributed by atoms with Crippen molar-refractivity contribution in [1.82, 2.24) is 15.6 Å². The number of hydrogen-bond donors (Lipinski definition) is 4. The summed E-state index contributed by atoms with van der Waals surface area (Å²) in [5, 5.41) is 20.2. The number of methoxy groups -OCH3 is 2. The number of alkyl halides is 1. The zero-order valence-electron chi connectivity index (χ0n) is 20.8. The van der Waals surface area contributed by atoms with Gasteiger partial charge in [0, 0.05) is 17.4 Å². The number of nitrogens with zero attached hydrogens (tertiary/aromatic N) is 4. The zero-order chi connectivity index (χ0) is 27.1. The monoisotopic (exact) mass is 522 g/mol. The lowest BCUT2D eigenvalue weighted by molar-refractivity contribution is -0.118. The highest BCUT2D eigenvalue weighted by Crippen LogP contribution is 2.41. The summed E-state index contributed by atoms with van der Waals surface area (Å²) in [6.45, 7) is -1.01. The number of ether oxygens (including phenoxy) is 3. The number of nitrogen functional groups attached to an aromatic ring is 1. The average molecular weight is 523 g/mol. The molecule has 3 aromatic rings. The van der Waals surface area contributed by atoms with Crippen LogP contribution in [0.5, 0.6) is 17.2 Å². The Bertz CT molecular complexity index is 1320. The van der Waals surface area contributed by atoms with Gasteiger partial charge in [-0.05, 0) is 54.1 Å². The van der Waals surface area contributed by atoms with E-state index in [9.17, 15) is 9.18 Å². The van der Waals surface area contributed by atoms with Crippen LogP contribution in [0.1, 0.15) is 17.2 Å². The van der Waals surface area contributed by atoms with Gasteiger partial charge < -0.3 is 25.3 Å². The van der Waals surface area contributed by atoms with Gasteiger partial charge >= 0.3 is 0 Å². The molecule has 0 radical (unpaired) electrons. The number of hydrazine groups is 1. The highest BCUT2D eigenvalue weighted by atomic mass is 19.1. The van der Waals surface area contributed by atoms with Crippen LogP contribution < -0.4 is 35.7 Å². The molecule has 0 spiro atoms. The first-order valence-corrected chi connectivity index (χ1v) is 11.5. The molecule has 5 N–H and O–H groups in total. The van der Waals surface area contributed by atoms with Crippen LogP contribution in [0.4, 0.5) is 15.9 Å². The van der Waals surface area contributed by atoms with Crippen LogP contribution in [-0.4, -0.2) is 61.8 Å². The van der Waals surface area contributed by atoms with Gasteiger partial charge in [-0.2, -0.15) is 5.10 Å². The Morgan fingerprint density at radius 1 is 1.21 bits per heavy atom. The van der Waals surface area contributed by atoms with Gasteiger partial charge in [-0.25, -0.2) is 9.40 Å². The van der Waals surface area contributed by atoms with Crippen molar-refractivity contribution in [3.8, 4) is 17.2 Å². The van der Waals surface area contributed by atoms with E-state index in [0.29, 0.717) is 40.0 Å². The number of nitrogens with one attached hydrogen (secondary N) is 3. The van der Waals surface area contributed by atoms with Crippen LogP contribution in [0, 0.1) is 5.41 Å². The molecule has 12 nitrogen and oxygen atoms in total. The minimum atomic E-state index is -0.691. The first-order valence-electron chi connectivity index (χ1n) is 11.5. The number of hydrogen-bond acceptors (Lipinski definition) is 10. The summed E-state index contributed by atoms with van der Waals surface area (Å²) in [4.78, 5) is 17.1. The highest BCUT2D eigenvalue weighted by Gasteiger charge is 2.30. The summed E-state index contributed by atoms with van der Waals surface area (Å²) in [5.74, 6) is 1.25. The summed E-state index contributed by atoms with van der Waals surface area (Å²) in [5.41, 5.74) is 10.5. The predicted molar refractivity (Wildman–Crippen MR) is 140 cm³/mol. The Morgan fingerprint density at radius 3 is 2.61 bits per heavy atom. The van der Waals surface area contributed by atoms with Gasteiger partial charge in [0.15, 0.2) is 17.3 Å². The topological polar surface area (TPSA) is 160 Å². The third-order valence-corrected chi connectivity index (χ3v) is 5.56. The van der Waals surface area contributed by atoms with Crippen LogP contribution in [0.15, 0.2) is 59.7 Å². The number of rotatable bonds is 11. The fraction of sp³-hybridized carbons (Fsp3) is 0.240. The zero-order valence-corrected chi connectivity index (χ0v) is 20.8. The van der Waals surface area contributed by atoms with E-state index in [0.717, 1.165) is 0 Å². The van der Waals surface area contributed by atoms with Crippen LogP contribution in [-0.2, 0) is 4.79 Å². The van der Waals surface area contributed by atoms with Gasteiger partial charge in [-0.1, -0.05) is 0 Å². The highest BCUT2D eigenvalue weighted by molar-refractivity contribution is 6.04. The molecule has 1 aromatic heterocycles. The van der Waals surface area contributed by atoms with Crippen molar-refractivity contribution >= 4 is 29.1 Å². The van der Waals surface area contributed by atoms with E-state index in [1.165, 1.54) is 25.4 Å². The van der Waals surface area contributed by atoms with Crippen LogP contribution in [0.25, 0.3) is 0 Å². The number of halogens is 1. The molecule has 0 aliphatic carbocycles. The van der Waals surface area contributed by atoms with Gasteiger partial charge in [-0.15, -0.1) is 5.10 Å². The van der Waals surface area contributed by atoms with Crippen LogP contribution in [0.2, 0.25) is 0 Å². The van der Waals surface area contributed by atoms with Crippen molar-refractivity contribution in [2.24, 2.45) is 10.7 Å². The van der Waals surface area contributed by atoms with Crippen LogP contribution in [0.3, 0.4) is 0 Å². The first-order chi connectivity index (χ1) is 18.4. The van der Waals surface area contributed by atoms with Crippen molar-refractivity contribution in [3.63, 3.8) is 0 Å². The Labute approximate surface area is 218 Å². The van der Waals surface area contributed by atoms with Crippen molar-refractivity contribution in [2.45, 2.75) is 6.04 Å². The minimum Gasteiger partial charge on any atom is -0.493 e. The van der Waals surface area contributed by atoms with Crippen molar-refractivity contribution in [2.75, 3.05) is 44.4 Å². The quantitative estimate of drug-likeness (QED) is 0.219. The largest absolute Gasteiger partial charge is 0.493 e. The standard InChI is InChI=1S/C25H27FN8O4/c1-36-18-12-16(13-19(23(18)37-2)38-11-9-26)22(31-17-7-5-15(6-8-17)24(27)28)25-29-14-21(35)34(33-25)20-4-3-10-30-32-20/h3-8,10,12-13,22,31H,9,11,14H2,1-2H3,(H3,27,28)(H,29,33). The normalized spacial score (nSPS) is 13.7. The fourth-order valence-corrected chi connectivity index (χ4v) is 3.78. The molecule has 0 saturated carbocycles. The molecule has 0 saturated heterocycles. The van der Waals surface area contributed by atoms with E-state index in [2.05, 4.69) is 25.9 Å². The number of amides is 1. The summed E-state index contributed by atoms with van der Waals surface area (Å²) in [7, 11) is 2.94. The Hall–Kier alpha value is -4.94. The van der Waals surface area contributed by atoms with Gasteiger partial charge in [0.2, 0.25) is 5.75 Å². The molecule has 0 fully saturated rings. The molecular weight excluding hydrogens is 495 g/mol. The van der Waals surface area contributed by atoms with E-state index in [1.54, 1.807) is 48.5 Å². The molecular formula is C25H27FN8O4. The summed E-state index contributed by atoms with van der Waals surface area (Å²) in [6, 6.07) is 13.0. The van der Waals surface area contributed by atoms with Crippen molar-refractivity contribution < 1.29 is 23.4 Å². The van der Waals surface area contributed by atoms with E-state index in [4.69, 9.17) is 25.4 Å². The number of benzene rings is 2. The van der Waals surface area contributed by atoms with E-state index >= 15 is 0 Å². The summed E-state index contributed by atoms with van der Waals surface area (Å²) >= 11 is 0. The molecule has 1 aliphatic heterocycles. The average Bonchev–Trinajstić information content (AvgIpc) is 2.95.